The van der Waals surface area contributed by atoms with E-state index in [9.17, 15) is 14.4 Å². The van der Waals surface area contributed by atoms with Gasteiger partial charge in [-0.2, -0.15) is 4.68 Å². The van der Waals surface area contributed by atoms with Crippen LogP contribution in [0.15, 0.2) is 53.7 Å². The monoisotopic (exact) mass is 657 g/mol. The third kappa shape index (κ3) is 9.40. The second-order valence-corrected chi connectivity index (χ2v) is 14.4. The highest BCUT2D eigenvalue weighted by Gasteiger charge is 2.42. The predicted molar refractivity (Wildman–Crippen MR) is 188 cm³/mol. The first kappa shape index (κ1) is 35.0. The number of Topliss-reactive ketones (excluding diaryl/α,β-unsaturated/α-hetero) is 1. The second-order valence-electron chi connectivity index (χ2n) is 13.2. The van der Waals surface area contributed by atoms with Crippen molar-refractivity contribution in [3.8, 4) is 5.69 Å². The molecule has 1 aliphatic carbocycles. The summed E-state index contributed by atoms with van der Waals surface area (Å²) >= 11 is 1.31. The van der Waals surface area contributed by atoms with E-state index in [4.69, 9.17) is 0 Å². The number of amides is 2. The Morgan fingerprint density at radius 1 is 0.723 bits per heavy atom. The molecule has 0 N–H and O–H groups in total. The minimum absolute atomic E-state index is 0.0294. The lowest BCUT2D eigenvalue weighted by Crippen LogP contribution is -2.31. The lowest BCUT2D eigenvalue weighted by molar-refractivity contribution is -0.122. The van der Waals surface area contributed by atoms with E-state index >= 15 is 0 Å². The number of anilines is 1. The van der Waals surface area contributed by atoms with Gasteiger partial charge in [0.15, 0.2) is 5.78 Å². The summed E-state index contributed by atoms with van der Waals surface area (Å²) in [6, 6.07) is 14.9. The van der Waals surface area contributed by atoms with Crippen LogP contribution >= 0.6 is 11.8 Å². The van der Waals surface area contributed by atoms with Crippen LogP contribution in [-0.2, 0) is 16.0 Å². The highest BCUT2D eigenvalue weighted by Crippen LogP contribution is 2.41. The van der Waals surface area contributed by atoms with Crippen LogP contribution in [0.25, 0.3) is 5.69 Å². The summed E-state index contributed by atoms with van der Waals surface area (Å²) in [5.74, 6) is -0.594. The van der Waals surface area contributed by atoms with E-state index < -0.39 is 5.25 Å². The van der Waals surface area contributed by atoms with Crippen LogP contribution in [-0.4, -0.2) is 43.1 Å². The Morgan fingerprint density at radius 3 is 1.98 bits per heavy atom. The zero-order chi connectivity index (χ0) is 32.8. The molecule has 1 aliphatic heterocycles. The molecule has 252 valence electrons. The molecule has 5 rings (SSSR count). The van der Waals surface area contributed by atoms with E-state index in [-0.39, 0.29) is 29.9 Å². The van der Waals surface area contributed by atoms with E-state index in [0.717, 1.165) is 30.5 Å². The van der Waals surface area contributed by atoms with Gasteiger partial charge in [0.2, 0.25) is 17.0 Å². The molecule has 3 aromatic rings. The molecule has 2 heterocycles. The van der Waals surface area contributed by atoms with Crippen molar-refractivity contribution >= 4 is 35.0 Å². The Balaban J connectivity index is 1.02. The number of imide groups is 1. The first-order valence-electron chi connectivity index (χ1n) is 18.1. The van der Waals surface area contributed by atoms with Gasteiger partial charge in [-0.25, -0.2) is 0 Å². The van der Waals surface area contributed by atoms with Crippen molar-refractivity contribution in [3.05, 3.63) is 59.7 Å². The summed E-state index contributed by atoms with van der Waals surface area (Å²) in [5, 5.41) is 12.2. The first-order chi connectivity index (χ1) is 23.1. The number of nitrogens with zero attached hydrogens (tertiary/aromatic N) is 5. The van der Waals surface area contributed by atoms with Crippen LogP contribution in [0.4, 0.5) is 5.69 Å². The lowest BCUT2D eigenvalue weighted by atomic mass is 9.98. The smallest absolute Gasteiger partial charge is 0.237 e. The Morgan fingerprint density at radius 2 is 1.34 bits per heavy atom. The summed E-state index contributed by atoms with van der Waals surface area (Å²) in [6.07, 6.45) is 22.4. The molecule has 2 amide bonds. The quantitative estimate of drug-likeness (QED) is 0.0832. The molecule has 0 bridgehead atoms. The molecule has 0 saturated carbocycles. The molecule has 1 saturated heterocycles. The van der Waals surface area contributed by atoms with Crippen LogP contribution in [0.5, 0.6) is 0 Å². The zero-order valence-corrected chi connectivity index (χ0v) is 28.9. The fourth-order valence-electron chi connectivity index (χ4n) is 7.00. The molecule has 8 nitrogen and oxygen atoms in total. The number of benzene rings is 2. The predicted octanol–water partition coefficient (Wildman–Crippen LogP) is 9.09. The summed E-state index contributed by atoms with van der Waals surface area (Å²) in [4.78, 5) is 41.5. The van der Waals surface area contributed by atoms with Gasteiger partial charge in [0.25, 0.3) is 0 Å². The standard InChI is InChI=1S/C38H51N5O3S/c1-2-3-4-5-6-7-8-9-10-11-12-13-14-15-16-18-22-29-27-35(44)42(37(29)46)33-26-21-25-31-32(33)28-34(36(31)45)47-38-39-40-41-43(38)30-23-19-17-20-24-30/h17,19-21,23-26,29,34H,2-16,18,22,27-28H2,1H3. The van der Waals surface area contributed by atoms with Crippen molar-refractivity contribution in [3.63, 3.8) is 0 Å². The minimum Gasteiger partial charge on any atom is -0.293 e. The average molecular weight is 658 g/mol. The highest BCUT2D eigenvalue weighted by atomic mass is 32.2. The number of ketones is 1. The van der Waals surface area contributed by atoms with E-state index in [1.165, 1.54) is 107 Å². The van der Waals surface area contributed by atoms with E-state index in [2.05, 4.69) is 22.4 Å². The average Bonchev–Trinajstić information content (AvgIpc) is 3.76. The number of para-hydroxylation sites is 1. The number of hydrogen-bond acceptors (Lipinski definition) is 7. The Bertz CT molecular complexity index is 1460. The molecule has 2 atom stereocenters. The summed E-state index contributed by atoms with van der Waals surface area (Å²) in [6.45, 7) is 2.27. The normalized spacial score (nSPS) is 17.6. The van der Waals surface area contributed by atoms with Gasteiger partial charge in [-0.15, -0.1) is 5.10 Å². The lowest BCUT2D eigenvalue weighted by Gasteiger charge is -2.18. The maximum absolute atomic E-state index is 13.5. The van der Waals surface area contributed by atoms with Crippen molar-refractivity contribution in [2.75, 3.05) is 4.90 Å². The third-order valence-electron chi connectivity index (χ3n) is 9.68. The molecule has 0 radical (unpaired) electrons. The van der Waals surface area contributed by atoms with Crippen LogP contribution in [0, 0.1) is 5.92 Å². The SMILES string of the molecule is CCCCCCCCCCCCCCCCCCC1CC(=O)N(c2cccc3c2CC(Sc2nnnn2-c2ccccc2)C3=O)C1=O. The second kappa shape index (κ2) is 18.3. The van der Waals surface area contributed by atoms with Gasteiger partial charge in [0, 0.05) is 17.9 Å². The van der Waals surface area contributed by atoms with Crippen LogP contribution in [0.3, 0.4) is 0 Å². The number of carbonyl (C=O) groups is 3. The molecule has 1 aromatic heterocycles. The molecule has 2 unspecified atom stereocenters. The maximum atomic E-state index is 13.5. The van der Waals surface area contributed by atoms with Gasteiger partial charge >= 0.3 is 0 Å². The van der Waals surface area contributed by atoms with E-state index in [1.807, 2.05) is 30.3 Å². The first-order valence-corrected chi connectivity index (χ1v) is 19.0. The number of unbranched alkanes of at least 4 members (excludes halogenated alkanes) is 15. The van der Waals surface area contributed by atoms with Crippen LogP contribution in [0.2, 0.25) is 0 Å². The van der Waals surface area contributed by atoms with Crippen LogP contribution < -0.4 is 4.90 Å². The molecular weight excluding hydrogens is 607 g/mol. The third-order valence-corrected chi connectivity index (χ3v) is 10.8. The van der Waals surface area contributed by atoms with Gasteiger partial charge in [-0.3, -0.25) is 19.3 Å². The number of thioether (sulfide) groups is 1. The minimum atomic E-state index is -0.437. The largest absolute Gasteiger partial charge is 0.293 e. The van der Waals surface area contributed by atoms with E-state index in [1.54, 1.807) is 22.9 Å². The van der Waals surface area contributed by atoms with Crippen molar-refractivity contribution < 1.29 is 14.4 Å². The fourth-order valence-corrected chi connectivity index (χ4v) is 8.06. The molecule has 2 aromatic carbocycles. The number of carbonyl (C=O) groups excluding carboxylic acids is 3. The number of aromatic nitrogens is 4. The number of hydrogen-bond donors (Lipinski definition) is 0. The Kier molecular flexibility index (Phi) is 13.6. The summed E-state index contributed by atoms with van der Waals surface area (Å²) in [7, 11) is 0. The number of tetrazole rings is 1. The molecular formula is C38H51N5O3S. The van der Waals surface area contributed by atoms with Gasteiger partial charge in [-0.1, -0.05) is 152 Å². The molecule has 9 heteroatoms. The van der Waals surface area contributed by atoms with Gasteiger partial charge < -0.3 is 0 Å². The highest BCUT2D eigenvalue weighted by molar-refractivity contribution is 8.00. The van der Waals surface area contributed by atoms with Gasteiger partial charge in [0.1, 0.15) is 0 Å². The number of fused-ring (bicyclic) bond motifs is 1. The van der Waals surface area contributed by atoms with Crippen molar-refractivity contribution in [2.45, 2.75) is 139 Å². The molecule has 2 aliphatic rings. The van der Waals surface area contributed by atoms with Crippen LogP contribution in [0.1, 0.15) is 138 Å². The zero-order valence-electron chi connectivity index (χ0n) is 28.1. The van der Waals surface area contributed by atoms with Crippen molar-refractivity contribution in [1.82, 2.24) is 20.2 Å². The van der Waals surface area contributed by atoms with Gasteiger partial charge in [-0.05, 0) is 47.0 Å². The molecule has 47 heavy (non-hydrogen) atoms. The topological polar surface area (TPSA) is 98.1 Å². The Labute approximate surface area is 284 Å². The fraction of sp³-hybridized carbons (Fsp3) is 0.579. The molecule has 1 fully saturated rings. The van der Waals surface area contributed by atoms with E-state index in [0.29, 0.717) is 22.8 Å². The Hall–Kier alpha value is -3.33. The summed E-state index contributed by atoms with van der Waals surface area (Å²) in [5.41, 5.74) is 2.71. The summed E-state index contributed by atoms with van der Waals surface area (Å²) < 4.78 is 1.62. The maximum Gasteiger partial charge on any atom is 0.237 e. The van der Waals surface area contributed by atoms with Gasteiger partial charge in [0.05, 0.1) is 16.6 Å². The van der Waals surface area contributed by atoms with Crippen molar-refractivity contribution in [2.24, 2.45) is 5.92 Å². The molecule has 0 spiro atoms. The number of rotatable bonds is 21. The van der Waals surface area contributed by atoms with Crippen molar-refractivity contribution in [1.29, 1.82) is 0 Å².